The molecule has 1 aromatic carbocycles. The fourth-order valence-corrected chi connectivity index (χ4v) is 1.16. The van der Waals surface area contributed by atoms with Crippen molar-refractivity contribution >= 4 is 24.0 Å². The third kappa shape index (κ3) is 3.51. The molecular weight excluding hydrogens is 260 g/mol. The van der Waals surface area contributed by atoms with E-state index in [1.54, 1.807) is 0 Å². The molecule has 0 saturated carbocycles. The van der Waals surface area contributed by atoms with E-state index in [0.29, 0.717) is 18.2 Å². The minimum absolute atomic E-state index is 0.391. The second-order valence-corrected chi connectivity index (χ2v) is 3.22. The molecule has 0 atom stereocenters. The van der Waals surface area contributed by atoms with E-state index in [9.17, 15) is 26.1 Å². The van der Waals surface area contributed by atoms with E-state index in [2.05, 4.69) is 4.74 Å². The monoisotopic (exact) mass is 263 g/mol. The zero-order valence-electron chi connectivity index (χ0n) is 7.36. The second kappa shape index (κ2) is 4.08. The normalized spacial score (nSPS) is 12.7. The average molecular weight is 263 g/mol. The standard InChI is InChI=1S/C7H3BClF6O/c9-5-3-4(8(13,14)15)1-2-6(5)16-7(10,11)12/h1-3H/q-1. The van der Waals surface area contributed by atoms with Gasteiger partial charge in [-0.2, -0.15) is 0 Å². The molecule has 0 heterocycles. The molecule has 0 fully saturated rings. The summed E-state index contributed by atoms with van der Waals surface area (Å²) < 4.78 is 75.2. The molecule has 90 valence electrons. The molecule has 0 bridgehead atoms. The third-order valence-electron chi connectivity index (χ3n) is 1.56. The van der Waals surface area contributed by atoms with Gasteiger partial charge in [0.1, 0.15) is 5.75 Å². The van der Waals surface area contributed by atoms with Crippen molar-refractivity contribution in [3.05, 3.63) is 23.2 Å². The van der Waals surface area contributed by atoms with Gasteiger partial charge in [-0.3, -0.25) is 0 Å². The zero-order chi connectivity index (χ0) is 12.6. The van der Waals surface area contributed by atoms with Crippen LogP contribution < -0.4 is 10.2 Å². The maximum absolute atomic E-state index is 12.2. The smallest absolute Gasteiger partial charge is 0.445 e. The van der Waals surface area contributed by atoms with Crippen LogP contribution in [-0.2, 0) is 0 Å². The molecule has 0 aliphatic heterocycles. The van der Waals surface area contributed by atoms with Gasteiger partial charge in [-0.15, -0.1) is 18.6 Å². The lowest BCUT2D eigenvalue weighted by molar-refractivity contribution is -0.274. The van der Waals surface area contributed by atoms with Crippen molar-refractivity contribution < 1.29 is 30.9 Å². The Morgan fingerprint density at radius 1 is 1.12 bits per heavy atom. The van der Waals surface area contributed by atoms with Crippen molar-refractivity contribution in [1.29, 1.82) is 0 Å². The first-order valence-electron chi connectivity index (χ1n) is 3.85. The SMILES string of the molecule is F[B-](F)(F)c1ccc(OC(F)(F)F)c(Cl)c1. The van der Waals surface area contributed by atoms with Crippen LogP contribution in [0.3, 0.4) is 0 Å². The predicted molar refractivity (Wildman–Crippen MR) is 46.8 cm³/mol. The van der Waals surface area contributed by atoms with Crippen molar-refractivity contribution in [2.75, 3.05) is 0 Å². The average Bonchev–Trinajstić information content (AvgIpc) is 2.04. The predicted octanol–water partition coefficient (Wildman–Crippen LogP) is 3.29. The van der Waals surface area contributed by atoms with E-state index in [0.717, 1.165) is 0 Å². The molecule has 1 aromatic rings. The largest absolute Gasteiger partial charge is 0.573 e. The van der Waals surface area contributed by atoms with Crippen LogP contribution in [0.2, 0.25) is 5.02 Å². The number of rotatable bonds is 2. The van der Waals surface area contributed by atoms with Gasteiger partial charge in [0.2, 0.25) is 0 Å². The highest BCUT2D eigenvalue weighted by Crippen LogP contribution is 2.29. The third-order valence-corrected chi connectivity index (χ3v) is 1.85. The van der Waals surface area contributed by atoms with Gasteiger partial charge in [-0.1, -0.05) is 23.7 Å². The summed E-state index contributed by atoms with van der Waals surface area (Å²) in [7, 11) is 0. The van der Waals surface area contributed by atoms with Gasteiger partial charge < -0.3 is 17.7 Å². The fraction of sp³-hybridized carbons (Fsp3) is 0.143. The minimum Gasteiger partial charge on any atom is -0.445 e. The maximum Gasteiger partial charge on any atom is 0.573 e. The summed E-state index contributed by atoms with van der Waals surface area (Å²) in [4.78, 5) is 0. The maximum atomic E-state index is 12.2. The van der Waals surface area contributed by atoms with Crippen LogP contribution in [0.4, 0.5) is 26.1 Å². The summed E-state index contributed by atoms with van der Waals surface area (Å²) in [6, 6.07) is 1.40. The topological polar surface area (TPSA) is 9.23 Å². The molecule has 16 heavy (non-hydrogen) atoms. The van der Waals surface area contributed by atoms with Crippen LogP contribution in [0.5, 0.6) is 5.75 Å². The van der Waals surface area contributed by atoms with E-state index < -0.39 is 29.6 Å². The van der Waals surface area contributed by atoms with Crippen molar-refractivity contribution in [2.45, 2.75) is 6.36 Å². The highest BCUT2D eigenvalue weighted by Gasteiger charge is 2.33. The molecule has 0 aliphatic rings. The summed E-state index contributed by atoms with van der Waals surface area (Å²) in [5, 5.41) is -0.742. The Morgan fingerprint density at radius 3 is 2.06 bits per heavy atom. The van der Waals surface area contributed by atoms with E-state index >= 15 is 0 Å². The fourth-order valence-electron chi connectivity index (χ4n) is 0.928. The Labute approximate surface area is 91.0 Å². The Bertz CT molecular complexity index is 387. The summed E-state index contributed by atoms with van der Waals surface area (Å²) in [5.41, 5.74) is -1.08. The Hall–Kier alpha value is -1.05. The molecule has 0 aliphatic carbocycles. The summed E-state index contributed by atoms with van der Waals surface area (Å²) >= 11 is 5.23. The van der Waals surface area contributed by atoms with Crippen molar-refractivity contribution in [3.63, 3.8) is 0 Å². The molecule has 0 unspecified atom stereocenters. The van der Waals surface area contributed by atoms with Crippen LogP contribution in [0, 0.1) is 0 Å². The number of ether oxygens (including phenoxy) is 1. The molecule has 0 saturated heterocycles. The van der Waals surface area contributed by atoms with Crippen molar-refractivity contribution in [2.24, 2.45) is 0 Å². The summed E-state index contributed by atoms with van der Waals surface area (Å²) in [5.74, 6) is -0.863. The first-order valence-corrected chi connectivity index (χ1v) is 4.22. The van der Waals surface area contributed by atoms with Gasteiger partial charge in [0, 0.05) is 0 Å². The van der Waals surface area contributed by atoms with Gasteiger partial charge in [0.25, 0.3) is 0 Å². The van der Waals surface area contributed by atoms with Crippen molar-refractivity contribution in [3.8, 4) is 5.75 Å². The minimum atomic E-state index is -5.30. The lowest BCUT2D eigenvalue weighted by atomic mass is 9.80. The lowest BCUT2D eigenvalue weighted by Gasteiger charge is -2.16. The molecular formula is C7H3BClF6O-. The summed E-state index contributed by atoms with van der Waals surface area (Å²) in [6.45, 7) is -5.30. The number of hydrogen-bond acceptors (Lipinski definition) is 1. The summed E-state index contributed by atoms with van der Waals surface area (Å²) in [6.07, 6.45) is -4.99. The molecule has 0 radical (unpaired) electrons. The highest BCUT2D eigenvalue weighted by molar-refractivity contribution is 6.73. The molecule has 9 heteroatoms. The first-order chi connectivity index (χ1) is 7.09. The van der Waals surface area contributed by atoms with Gasteiger partial charge in [0.15, 0.2) is 0 Å². The van der Waals surface area contributed by atoms with Crippen LogP contribution in [0.1, 0.15) is 0 Å². The Morgan fingerprint density at radius 2 is 1.69 bits per heavy atom. The first kappa shape index (κ1) is 13.0. The van der Waals surface area contributed by atoms with Crippen LogP contribution in [-0.4, -0.2) is 13.3 Å². The number of hydrogen-bond donors (Lipinski definition) is 0. The van der Waals surface area contributed by atoms with Gasteiger partial charge in [-0.25, -0.2) is 0 Å². The number of halogens is 7. The quantitative estimate of drug-likeness (QED) is 0.587. The molecule has 1 nitrogen and oxygen atoms in total. The van der Waals surface area contributed by atoms with Gasteiger partial charge >= 0.3 is 13.3 Å². The van der Waals surface area contributed by atoms with Crippen LogP contribution in [0.25, 0.3) is 0 Å². The molecule has 0 N–H and O–H groups in total. The van der Waals surface area contributed by atoms with E-state index in [4.69, 9.17) is 11.6 Å². The van der Waals surface area contributed by atoms with E-state index in [1.807, 2.05) is 0 Å². The van der Waals surface area contributed by atoms with Crippen LogP contribution in [0.15, 0.2) is 18.2 Å². The van der Waals surface area contributed by atoms with Crippen LogP contribution >= 0.6 is 11.6 Å². The van der Waals surface area contributed by atoms with E-state index in [1.165, 1.54) is 0 Å². The van der Waals surface area contributed by atoms with E-state index in [-0.39, 0.29) is 0 Å². The molecule has 0 amide bonds. The number of alkyl halides is 3. The molecule has 1 rings (SSSR count). The molecule has 0 spiro atoms. The Balaban J connectivity index is 3.01. The Kier molecular flexibility index (Phi) is 3.32. The van der Waals surface area contributed by atoms with Gasteiger partial charge in [-0.05, 0) is 6.07 Å². The van der Waals surface area contributed by atoms with Gasteiger partial charge in [0.05, 0.1) is 5.02 Å². The number of benzene rings is 1. The van der Waals surface area contributed by atoms with Crippen molar-refractivity contribution in [1.82, 2.24) is 0 Å². The zero-order valence-corrected chi connectivity index (χ0v) is 8.12. The second-order valence-electron chi connectivity index (χ2n) is 2.81. The highest BCUT2D eigenvalue weighted by atomic mass is 35.5. The lowest BCUT2D eigenvalue weighted by Crippen LogP contribution is -2.33. The molecule has 0 aromatic heterocycles.